The molecule has 12 bridgehead atoms. The summed E-state index contributed by atoms with van der Waals surface area (Å²) in [5.41, 5.74) is 9.64. The van der Waals surface area contributed by atoms with Gasteiger partial charge in [-0.05, 0) is 100 Å². The van der Waals surface area contributed by atoms with Crippen molar-refractivity contribution in [2.75, 3.05) is 124 Å². The van der Waals surface area contributed by atoms with Gasteiger partial charge >= 0.3 is 58.9 Å². The molecular weight excluding hydrogens is 1570 g/mol. The Morgan fingerprint density at radius 1 is 0.348 bits per heavy atom. The highest BCUT2D eigenvalue weighted by Crippen LogP contribution is 2.64. The van der Waals surface area contributed by atoms with Crippen LogP contribution < -0.4 is 5.32 Å². The van der Waals surface area contributed by atoms with Crippen LogP contribution in [0.2, 0.25) is 0 Å². The molecule has 1 N–H and O–H groups in total. The SMILES string of the molecule is CC(=O)OC12COP(=O)(OC1)OC2.CC(C)(C)c1ccc(-c2ccc(CC34COP(=O)(OC3)OC4)cc2)cc1.Cc1cccc(CC23COP(=O)(OC2)OC3)c1.O=C(OC12COP(=O)(OC1)OC2)c1ccccc1.O=P12OCC(Cc3ccc(-c4ccccc4)cc3)(CO1)CO2.O=P12OCC(Nc3ccccc3)(CO1)CO2. The molecule has 35 heteroatoms. The number of carbonyl (C=O) groups excluding carboxylic acids is 2. The number of benzene rings is 7. The van der Waals surface area contributed by atoms with Crippen molar-refractivity contribution in [1.82, 2.24) is 0 Å². The highest BCUT2D eigenvalue weighted by Gasteiger charge is 2.57. The third-order valence-corrected chi connectivity index (χ3v) is 28.0. The number of hydrogen-bond acceptors (Lipinski definition) is 29. The molecule has 0 saturated carbocycles. The predicted octanol–water partition coefficient (Wildman–Crippen LogP) is 16.4. The number of carbonyl (C=O) groups is 2. The minimum absolute atomic E-state index is 0.0306. The van der Waals surface area contributed by atoms with Gasteiger partial charge in [0.15, 0.2) is 11.2 Å². The van der Waals surface area contributed by atoms with Crippen LogP contribution in [0.5, 0.6) is 0 Å². The summed E-state index contributed by atoms with van der Waals surface area (Å²) >= 11 is 0. The standard InChI is InChI=1S/C21H25O4P.C17H17O4P.C12H15O4P.C11H11O6P.C10H12NO4P.C6H9O6P/c1-20(2,3)19-10-8-18(9-11-19)17-6-4-16(5-7-17)12-21-13-23-26(22,24-14-21)25-15-21;18-22-19-11-17(12-20-22,13-21-22)10-14-6-8-16(9-7-14)15-4-2-1-3-5-15;1-10-3-2-4-11(5-10)6-12-7-14-17(13,15-8-12)16-9-12;12-10(9-4-2-1-3-5-9)17-11-6-14-18(13,15-7-11)16-8-11;12-16-13-6-10(7-14-16,8-15-16)11-9-4-2-1-3-5-9;1-5(7)12-6-2-9-13(8,10-3-6)11-4-6/h4-11H,12-15H2,1-3H3;1-9H,10-13H2;2-5H,6-9H2,1H3;1-5H,6-8H2;1-5,11H,6-8H2;2-4H2,1H3. The van der Waals surface area contributed by atoms with Crippen molar-refractivity contribution < 1.29 is 128 Å². The first-order valence-electron chi connectivity index (χ1n) is 36.3. The summed E-state index contributed by atoms with van der Waals surface area (Å²) in [4.78, 5) is 22.6. The molecule has 0 aromatic heterocycles. The van der Waals surface area contributed by atoms with Gasteiger partial charge in [0, 0.05) is 28.9 Å². The second kappa shape index (κ2) is 33.5. The maximum atomic E-state index is 11.9. The lowest BCUT2D eigenvalue weighted by Gasteiger charge is -2.44. The van der Waals surface area contributed by atoms with Crippen LogP contribution in [0, 0.1) is 23.2 Å². The Kier molecular flexibility index (Phi) is 24.7. The van der Waals surface area contributed by atoms with Crippen LogP contribution in [0.25, 0.3) is 22.3 Å². The summed E-state index contributed by atoms with van der Waals surface area (Å²) in [7, 11) is -19.5. The van der Waals surface area contributed by atoms with Crippen LogP contribution in [0.4, 0.5) is 5.69 Å². The number of rotatable bonds is 13. The van der Waals surface area contributed by atoms with E-state index in [2.05, 4.69) is 136 Å². The van der Waals surface area contributed by atoms with Gasteiger partial charge in [-0.1, -0.05) is 190 Å². The fourth-order valence-electron chi connectivity index (χ4n) is 13.4. The van der Waals surface area contributed by atoms with Crippen LogP contribution in [0.1, 0.15) is 65.9 Å². The molecule has 0 aliphatic carbocycles. The summed E-state index contributed by atoms with van der Waals surface area (Å²) in [5, 5.41) is 3.30. The van der Waals surface area contributed by atoms with E-state index in [1.165, 1.54) is 57.0 Å². The molecule has 112 heavy (non-hydrogen) atoms. The number of anilines is 1. The fourth-order valence-corrected chi connectivity index (χ4v) is 22.2. The number of esters is 2. The number of aryl methyl sites for hydroxylation is 1. The molecule has 7 aromatic carbocycles. The molecule has 7 aromatic rings. The lowest BCUT2D eigenvalue weighted by atomic mass is 9.83. The third-order valence-electron chi connectivity index (χ3n) is 20.0. The molecular formula is C77H89NO28P6. The van der Waals surface area contributed by atoms with Gasteiger partial charge in [-0.3, -0.25) is 86.2 Å². The van der Waals surface area contributed by atoms with Crippen LogP contribution in [0.3, 0.4) is 0 Å². The van der Waals surface area contributed by atoms with Crippen LogP contribution >= 0.6 is 46.9 Å². The van der Waals surface area contributed by atoms with Gasteiger partial charge in [-0.25, -0.2) is 32.2 Å². The van der Waals surface area contributed by atoms with E-state index in [-0.39, 0.29) is 61.3 Å². The smallest absolute Gasteiger partial charge is 0.452 e. The Morgan fingerprint density at radius 2 is 0.652 bits per heavy atom. The molecule has 18 aliphatic heterocycles. The molecule has 18 aliphatic rings. The largest absolute Gasteiger partial charge is 0.475 e. The molecule has 18 fully saturated rings. The quantitative estimate of drug-likeness (QED) is 0.0827. The maximum Gasteiger partial charge on any atom is 0.475 e. The lowest BCUT2D eigenvalue weighted by molar-refractivity contribution is -0.194. The topological polar surface area (TPSA) is 333 Å². The van der Waals surface area contributed by atoms with Gasteiger partial charge in [0.25, 0.3) is 0 Å². The summed E-state index contributed by atoms with van der Waals surface area (Å²) in [6.07, 6.45) is 2.41. The first-order valence-corrected chi connectivity index (χ1v) is 45.1. The number of nitrogens with one attached hydrogen (secondary N) is 1. The Morgan fingerprint density at radius 3 is 1.00 bits per heavy atom. The highest BCUT2D eigenvalue weighted by atomic mass is 31.2. The Bertz CT molecular complexity index is 4600. The van der Waals surface area contributed by atoms with Crippen LogP contribution in [-0.2, 0) is 148 Å². The minimum Gasteiger partial charge on any atom is -0.452 e. The van der Waals surface area contributed by atoms with Crippen molar-refractivity contribution in [3.05, 3.63) is 221 Å². The van der Waals surface area contributed by atoms with Crippen LogP contribution in [-0.4, -0.2) is 148 Å². The summed E-state index contributed by atoms with van der Waals surface area (Å²) in [5.74, 6) is -0.917. The molecule has 29 nitrogen and oxygen atoms in total. The van der Waals surface area contributed by atoms with Gasteiger partial charge in [0.05, 0.1) is 84.8 Å². The first kappa shape index (κ1) is 82.5. The molecule has 18 heterocycles. The predicted molar refractivity (Wildman–Crippen MR) is 407 cm³/mol. The van der Waals surface area contributed by atoms with E-state index in [0.29, 0.717) is 84.8 Å². The zero-order valence-electron chi connectivity index (χ0n) is 62.4. The third kappa shape index (κ3) is 20.5. The monoisotopic (exact) mass is 1660 g/mol. The Hall–Kier alpha value is -6.06. The number of para-hydroxylation sites is 1. The molecule has 18 saturated heterocycles. The second-order valence-corrected chi connectivity index (χ2v) is 40.7. The van der Waals surface area contributed by atoms with Gasteiger partial charge in [-0.2, -0.15) is 0 Å². The second-order valence-electron chi connectivity index (χ2n) is 30.7. The maximum absolute atomic E-state index is 11.9. The average molecular weight is 1660 g/mol. The van der Waals surface area contributed by atoms with Crippen LogP contribution in [0.15, 0.2) is 188 Å². The summed E-state index contributed by atoms with van der Waals surface area (Å²) < 4.78 is 172. The molecule has 0 unspecified atom stereocenters. The number of phosphoric ester groups is 6. The zero-order chi connectivity index (χ0) is 78.6. The van der Waals surface area contributed by atoms with E-state index < -0.39 is 75.6 Å². The van der Waals surface area contributed by atoms with E-state index in [9.17, 15) is 37.0 Å². The average Bonchev–Trinajstić information content (AvgIpc) is 0.798. The molecule has 0 radical (unpaired) electrons. The van der Waals surface area contributed by atoms with E-state index in [0.717, 1.165) is 24.9 Å². The normalized spacial score (nSPS) is 33.8. The number of fused-ring (bicyclic) bond motifs is 18. The molecule has 0 spiro atoms. The van der Waals surface area contributed by atoms with Gasteiger partial charge in [-0.15, -0.1) is 0 Å². The van der Waals surface area contributed by atoms with Gasteiger partial charge < -0.3 is 14.8 Å². The van der Waals surface area contributed by atoms with Gasteiger partial charge in [0.1, 0.15) is 45.2 Å². The van der Waals surface area contributed by atoms with Gasteiger partial charge in [0.2, 0.25) is 0 Å². The van der Waals surface area contributed by atoms with E-state index in [4.69, 9.17) is 90.9 Å². The fraction of sp³-hybridized carbons (Fsp3) is 0.429. The van der Waals surface area contributed by atoms with Crippen molar-refractivity contribution in [1.29, 1.82) is 0 Å². The molecule has 0 atom stereocenters. The molecule has 25 rings (SSSR count). The van der Waals surface area contributed by atoms with Crippen molar-refractivity contribution in [3.63, 3.8) is 0 Å². The van der Waals surface area contributed by atoms with E-state index in [1.54, 1.807) is 24.3 Å². The number of ether oxygens (including phenoxy) is 2. The van der Waals surface area contributed by atoms with Crippen molar-refractivity contribution in [2.24, 2.45) is 16.2 Å². The zero-order valence-corrected chi connectivity index (χ0v) is 67.7. The summed E-state index contributed by atoms with van der Waals surface area (Å²) in [6, 6.07) is 62.8. The van der Waals surface area contributed by atoms with Crippen molar-refractivity contribution in [2.45, 2.75) is 76.0 Å². The number of phosphoric acid groups is 6. The van der Waals surface area contributed by atoms with E-state index >= 15 is 0 Å². The minimum atomic E-state index is -3.38. The lowest BCUT2D eigenvalue weighted by Crippen LogP contribution is -2.56. The first-order chi connectivity index (χ1) is 53.4. The van der Waals surface area contributed by atoms with E-state index in [1.807, 2.05) is 60.7 Å². The Balaban J connectivity index is 0.000000113. The number of hydrogen-bond donors (Lipinski definition) is 1. The molecule has 0 amide bonds. The van der Waals surface area contributed by atoms with Crippen molar-refractivity contribution in [3.8, 4) is 22.3 Å². The highest BCUT2D eigenvalue weighted by molar-refractivity contribution is 7.50. The Labute approximate surface area is 649 Å². The molecule has 600 valence electrons. The summed E-state index contributed by atoms with van der Waals surface area (Å²) in [6.45, 7) is 15.4. The van der Waals surface area contributed by atoms with Crippen molar-refractivity contribution >= 4 is 64.6 Å².